The Labute approximate surface area is 414 Å². The van der Waals surface area contributed by atoms with Gasteiger partial charge < -0.3 is 4.90 Å². The van der Waals surface area contributed by atoms with Crippen molar-refractivity contribution in [2.45, 2.75) is 63.5 Å². The van der Waals surface area contributed by atoms with E-state index < -0.39 is 10.0 Å². The van der Waals surface area contributed by atoms with Crippen molar-refractivity contribution in [1.82, 2.24) is 0 Å². The van der Waals surface area contributed by atoms with Crippen LogP contribution in [0.4, 0.5) is 17.1 Å². The molecule has 4 fully saturated rings. The lowest BCUT2D eigenvalue weighted by molar-refractivity contribution is -0.00518. The summed E-state index contributed by atoms with van der Waals surface area (Å²) in [5.74, 6) is 2.84. The lowest BCUT2D eigenvalue weighted by Crippen LogP contribution is -2.48. The molecule has 0 atom stereocenters. The molecule has 1 aliphatic heterocycles. The number of fused-ring (bicyclic) bond motifs is 4. The minimum Gasteiger partial charge on any atom is -0.311 e. The highest BCUT2D eigenvalue weighted by Crippen LogP contribution is 2.80. The predicted octanol–water partition coefficient (Wildman–Crippen LogP) is 19.1. The maximum Gasteiger partial charge on any atom is 0.0462 e. The predicted molar refractivity (Wildman–Crippen MR) is 294 cm³/mol. The lowest BCUT2D eigenvalue weighted by Gasteiger charge is -2.57. The summed E-state index contributed by atoms with van der Waals surface area (Å²) in [6.07, 6.45) is 8.64. The molecular formula is C68H55NS. The van der Waals surface area contributed by atoms with Crippen LogP contribution in [0.1, 0.15) is 44.1 Å². The molecule has 4 saturated carbocycles. The normalized spacial score (nSPS) is 20.7. The third-order valence-corrected chi connectivity index (χ3v) is 20.7. The molecule has 1 heterocycles. The van der Waals surface area contributed by atoms with Crippen LogP contribution in [0, 0.1) is 17.8 Å². The standard InChI is InChI=1S/C68H55NS/c1-3-13-52(14-4-1)61-21-11-15-54-16-12-22-62(67(54)61)53-29-35-57(36-30-53)69(56-33-27-51(28-34-56)50-25-31-55(32-26-50)68-44-47-41-48(45-68)43-49(42-47)46-68)58-37-39-60(40-38-58)70(59-17-5-2-6-18-59)65-23-9-7-19-63(65)64-20-8-10-24-66(64)70/h1-40,47-49H,41-46H2. The first-order valence-electron chi connectivity index (χ1n) is 25.5. The molecule has 0 N–H and O–H groups in total. The first-order chi connectivity index (χ1) is 34.6. The quantitative estimate of drug-likeness (QED) is 0.139. The van der Waals surface area contributed by atoms with Crippen LogP contribution in [0.5, 0.6) is 0 Å². The summed E-state index contributed by atoms with van der Waals surface area (Å²) in [4.78, 5) is 7.96. The number of nitrogens with zero attached hydrogens (tertiary/aromatic N) is 1. The van der Waals surface area contributed by atoms with Gasteiger partial charge in [-0.15, -0.1) is 10.0 Å². The second-order valence-corrected chi connectivity index (χ2v) is 23.7. The summed E-state index contributed by atoms with van der Waals surface area (Å²) in [5, 5.41) is 2.53. The topological polar surface area (TPSA) is 3.24 Å². The van der Waals surface area contributed by atoms with E-state index in [2.05, 4.69) is 248 Å². The number of rotatable bonds is 9. The van der Waals surface area contributed by atoms with Gasteiger partial charge in [-0.3, -0.25) is 0 Å². The zero-order valence-corrected chi connectivity index (χ0v) is 40.2. The zero-order chi connectivity index (χ0) is 46.2. The van der Waals surface area contributed by atoms with E-state index >= 15 is 0 Å². The van der Waals surface area contributed by atoms with E-state index in [1.54, 1.807) is 5.56 Å². The van der Waals surface area contributed by atoms with Gasteiger partial charge in [0, 0.05) is 36.6 Å². The summed E-state index contributed by atoms with van der Waals surface area (Å²) >= 11 is 0. The van der Waals surface area contributed by atoms with Crippen LogP contribution in [0.2, 0.25) is 0 Å². The van der Waals surface area contributed by atoms with E-state index in [0.717, 1.165) is 34.8 Å². The Morgan fingerprint density at radius 2 is 0.729 bits per heavy atom. The molecule has 15 rings (SSSR count). The van der Waals surface area contributed by atoms with Crippen molar-refractivity contribution in [2.24, 2.45) is 17.8 Å². The van der Waals surface area contributed by atoms with Gasteiger partial charge in [0.05, 0.1) is 0 Å². The average Bonchev–Trinajstić information content (AvgIpc) is 3.72. The van der Waals surface area contributed by atoms with Gasteiger partial charge in [-0.25, -0.2) is 0 Å². The summed E-state index contributed by atoms with van der Waals surface area (Å²) < 4.78 is 0. The zero-order valence-electron chi connectivity index (χ0n) is 39.4. The van der Waals surface area contributed by atoms with Gasteiger partial charge in [0.1, 0.15) is 0 Å². The fourth-order valence-electron chi connectivity index (χ4n) is 14.1. The highest BCUT2D eigenvalue weighted by molar-refractivity contribution is 8.34. The molecule has 10 aromatic rings. The van der Waals surface area contributed by atoms with Crippen LogP contribution in [0.25, 0.3) is 55.3 Å². The summed E-state index contributed by atoms with van der Waals surface area (Å²) in [6, 6.07) is 91.4. The SMILES string of the molecule is c1ccc(-c2cccc3cccc(-c4ccc(N(c5ccc(-c6ccc(C78CC9CC(CC(C9)C7)C8)cc6)cc5)c5ccc(S6(c7ccccc7)c7ccccc7-c7ccccc76)cc5)cc4)c23)cc1. The first kappa shape index (κ1) is 41.6. The Bertz CT molecular complexity index is 3450. The molecule has 0 aromatic heterocycles. The summed E-state index contributed by atoms with van der Waals surface area (Å²) in [5.41, 5.74) is 15.5. The smallest absolute Gasteiger partial charge is 0.0462 e. The van der Waals surface area contributed by atoms with Crippen LogP contribution in [0.15, 0.2) is 262 Å². The maximum absolute atomic E-state index is 2.48. The number of anilines is 3. The maximum atomic E-state index is 2.48. The molecule has 70 heavy (non-hydrogen) atoms. The van der Waals surface area contributed by atoms with Gasteiger partial charge in [0.15, 0.2) is 0 Å². The molecule has 2 heteroatoms. The van der Waals surface area contributed by atoms with Crippen molar-refractivity contribution in [3.05, 3.63) is 248 Å². The van der Waals surface area contributed by atoms with Gasteiger partial charge in [0.2, 0.25) is 0 Å². The average molecular weight is 918 g/mol. The van der Waals surface area contributed by atoms with Gasteiger partial charge in [-0.2, -0.15) is 0 Å². The van der Waals surface area contributed by atoms with E-state index in [1.807, 2.05) is 0 Å². The van der Waals surface area contributed by atoms with Crippen LogP contribution in [-0.4, -0.2) is 0 Å². The van der Waals surface area contributed by atoms with Gasteiger partial charge in [-0.05, 0) is 195 Å². The number of benzene rings is 10. The molecular weight excluding hydrogens is 863 g/mol. The molecule has 4 bridgehead atoms. The van der Waals surface area contributed by atoms with E-state index in [4.69, 9.17) is 0 Å². The Kier molecular flexibility index (Phi) is 9.88. The van der Waals surface area contributed by atoms with Crippen molar-refractivity contribution in [3.8, 4) is 44.5 Å². The highest BCUT2D eigenvalue weighted by atomic mass is 32.3. The molecule has 0 radical (unpaired) electrons. The van der Waals surface area contributed by atoms with Crippen LogP contribution >= 0.6 is 10.0 Å². The Morgan fingerprint density at radius 3 is 1.26 bits per heavy atom. The van der Waals surface area contributed by atoms with Crippen LogP contribution in [-0.2, 0) is 5.41 Å². The van der Waals surface area contributed by atoms with Crippen molar-refractivity contribution in [3.63, 3.8) is 0 Å². The molecule has 1 nitrogen and oxygen atoms in total. The van der Waals surface area contributed by atoms with E-state index in [-0.39, 0.29) is 0 Å². The molecule has 0 saturated heterocycles. The Morgan fingerprint density at radius 1 is 0.329 bits per heavy atom. The Balaban J connectivity index is 0.861. The summed E-state index contributed by atoms with van der Waals surface area (Å²) in [7, 11) is -1.76. The van der Waals surface area contributed by atoms with Crippen molar-refractivity contribution >= 4 is 37.9 Å². The molecule has 0 amide bonds. The van der Waals surface area contributed by atoms with E-state index in [1.165, 1.54) is 113 Å². The Hall–Kier alpha value is -7.39. The minimum absolute atomic E-state index is 0.410. The van der Waals surface area contributed by atoms with Crippen molar-refractivity contribution < 1.29 is 0 Å². The van der Waals surface area contributed by atoms with Gasteiger partial charge in [0.25, 0.3) is 0 Å². The second-order valence-electron chi connectivity index (χ2n) is 20.7. The highest BCUT2D eigenvalue weighted by Gasteiger charge is 2.51. The van der Waals surface area contributed by atoms with E-state index in [0.29, 0.717) is 5.41 Å². The minimum atomic E-state index is -1.76. The van der Waals surface area contributed by atoms with Gasteiger partial charge in [-0.1, -0.05) is 170 Å². The molecule has 10 aromatic carbocycles. The number of hydrogen-bond acceptors (Lipinski definition) is 1. The van der Waals surface area contributed by atoms with Crippen molar-refractivity contribution in [1.29, 1.82) is 0 Å². The third-order valence-electron chi connectivity index (χ3n) is 16.7. The van der Waals surface area contributed by atoms with Crippen LogP contribution in [0.3, 0.4) is 0 Å². The molecule has 338 valence electrons. The fourth-order valence-corrected chi connectivity index (χ4v) is 18.3. The first-order valence-corrected chi connectivity index (χ1v) is 27.1. The van der Waals surface area contributed by atoms with Crippen molar-refractivity contribution in [2.75, 3.05) is 4.90 Å². The molecule has 0 unspecified atom stereocenters. The van der Waals surface area contributed by atoms with Crippen LogP contribution < -0.4 is 4.90 Å². The monoisotopic (exact) mass is 917 g/mol. The molecule has 4 aliphatic carbocycles. The molecule has 5 aliphatic rings. The van der Waals surface area contributed by atoms with E-state index in [9.17, 15) is 0 Å². The van der Waals surface area contributed by atoms with Gasteiger partial charge >= 0.3 is 0 Å². The largest absolute Gasteiger partial charge is 0.311 e. The number of hydrogen-bond donors (Lipinski definition) is 0. The summed E-state index contributed by atoms with van der Waals surface area (Å²) in [6.45, 7) is 0. The molecule has 0 spiro atoms. The lowest BCUT2D eigenvalue weighted by atomic mass is 9.48. The second kappa shape index (κ2) is 16.6. The third kappa shape index (κ3) is 6.68. The fraction of sp³-hybridized carbons (Fsp3) is 0.147.